The van der Waals surface area contributed by atoms with Crippen molar-refractivity contribution in [3.05, 3.63) is 36.0 Å². The Kier molecular flexibility index (Phi) is 2.81. The van der Waals surface area contributed by atoms with Crippen molar-refractivity contribution >= 4 is 5.78 Å². The van der Waals surface area contributed by atoms with Gasteiger partial charge in [-0.25, -0.2) is 0 Å². The summed E-state index contributed by atoms with van der Waals surface area (Å²) in [5, 5.41) is 10.5. The number of Topliss-reactive ketones (excluding diaryl/α,β-unsaturated/α-hetero) is 1. The minimum atomic E-state index is -0.0763. The van der Waals surface area contributed by atoms with E-state index in [-0.39, 0.29) is 11.7 Å². The largest absolute Gasteiger partial charge is 0.292 e. The van der Waals surface area contributed by atoms with Crippen LogP contribution in [0.1, 0.15) is 24.3 Å². The number of nitrogens with zero attached hydrogens (tertiary/aromatic N) is 2. The van der Waals surface area contributed by atoms with E-state index in [9.17, 15) is 4.79 Å². The molecule has 0 saturated heterocycles. The van der Waals surface area contributed by atoms with Crippen LogP contribution in [-0.2, 0) is 0 Å². The summed E-state index contributed by atoms with van der Waals surface area (Å²) in [7, 11) is 0. The molecular weight excluding hydrogens is 202 g/mol. The van der Waals surface area contributed by atoms with Gasteiger partial charge in [0.15, 0.2) is 11.5 Å². The topological polar surface area (TPSA) is 58.6 Å². The number of carbonyl (C=O) groups is 1. The zero-order chi connectivity index (χ0) is 11.5. The quantitative estimate of drug-likeness (QED) is 0.799. The summed E-state index contributed by atoms with van der Waals surface area (Å²) in [5.74, 6) is -0.0693. The maximum absolute atomic E-state index is 11.9. The number of aromatic nitrogens is 3. The average molecular weight is 215 g/mol. The highest BCUT2D eigenvalue weighted by Gasteiger charge is 2.19. The third-order valence-electron chi connectivity index (χ3n) is 2.35. The normalized spacial score (nSPS) is 10.7. The van der Waals surface area contributed by atoms with Gasteiger partial charge in [-0.3, -0.25) is 4.79 Å². The van der Waals surface area contributed by atoms with E-state index < -0.39 is 0 Å². The van der Waals surface area contributed by atoms with Gasteiger partial charge in [0.05, 0.1) is 0 Å². The van der Waals surface area contributed by atoms with E-state index in [0.29, 0.717) is 11.4 Å². The third kappa shape index (κ3) is 1.86. The van der Waals surface area contributed by atoms with Crippen LogP contribution in [0.5, 0.6) is 0 Å². The molecule has 1 N–H and O–H groups in total. The highest BCUT2D eigenvalue weighted by atomic mass is 16.1. The molecule has 0 amide bonds. The number of nitrogens with one attached hydrogen (secondary N) is 1. The molecule has 0 atom stereocenters. The van der Waals surface area contributed by atoms with Gasteiger partial charge in [0, 0.05) is 11.5 Å². The van der Waals surface area contributed by atoms with E-state index in [0.717, 1.165) is 5.56 Å². The highest BCUT2D eigenvalue weighted by molar-refractivity contribution is 6.00. The Balaban J connectivity index is 2.45. The summed E-state index contributed by atoms with van der Waals surface area (Å²) in [6.07, 6.45) is 0. The van der Waals surface area contributed by atoms with Crippen LogP contribution < -0.4 is 0 Å². The van der Waals surface area contributed by atoms with Crippen molar-refractivity contribution in [2.24, 2.45) is 5.92 Å². The van der Waals surface area contributed by atoms with E-state index in [2.05, 4.69) is 15.4 Å². The Bertz CT molecular complexity index is 488. The number of aromatic amines is 1. The molecule has 16 heavy (non-hydrogen) atoms. The average Bonchev–Trinajstić information content (AvgIpc) is 2.77. The minimum Gasteiger partial charge on any atom is -0.292 e. The van der Waals surface area contributed by atoms with Crippen LogP contribution in [0.3, 0.4) is 0 Å². The van der Waals surface area contributed by atoms with Gasteiger partial charge in [0.1, 0.15) is 5.69 Å². The number of H-pyrrole nitrogens is 1. The highest BCUT2D eigenvalue weighted by Crippen LogP contribution is 2.20. The van der Waals surface area contributed by atoms with Gasteiger partial charge in [0.2, 0.25) is 0 Å². The number of ketones is 1. The van der Waals surface area contributed by atoms with Crippen LogP contribution in [0.15, 0.2) is 30.3 Å². The Morgan fingerprint density at radius 3 is 2.50 bits per heavy atom. The molecule has 4 heteroatoms. The lowest BCUT2D eigenvalue weighted by atomic mass is 10.0. The van der Waals surface area contributed by atoms with Crippen LogP contribution in [0.4, 0.5) is 0 Å². The molecule has 1 aromatic carbocycles. The maximum atomic E-state index is 11.9. The van der Waals surface area contributed by atoms with Crippen molar-refractivity contribution in [1.82, 2.24) is 15.4 Å². The summed E-state index contributed by atoms with van der Waals surface area (Å²) in [4.78, 5) is 11.9. The molecule has 1 aromatic heterocycles. The Morgan fingerprint density at radius 1 is 1.19 bits per heavy atom. The van der Waals surface area contributed by atoms with E-state index in [1.54, 1.807) is 0 Å². The van der Waals surface area contributed by atoms with Crippen LogP contribution >= 0.6 is 0 Å². The van der Waals surface area contributed by atoms with Gasteiger partial charge >= 0.3 is 0 Å². The molecule has 0 aliphatic rings. The van der Waals surface area contributed by atoms with Gasteiger partial charge < -0.3 is 0 Å². The van der Waals surface area contributed by atoms with Crippen LogP contribution in [0, 0.1) is 5.92 Å². The van der Waals surface area contributed by atoms with E-state index >= 15 is 0 Å². The molecule has 0 saturated carbocycles. The molecule has 2 aromatic rings. The van der Waals surface area contributed by atoms with Crippen LogP contribution in [-0.4, -0.2) is 21.2 Å². The predicted molar refractivity (Wildman–Crippen MR) is 61.0 cm³/mol. The fourth-order valence-corrected chi connectivity index (χ4v) is 1.47. The van der Waals surface area contributed by atoms with Gasteiger partial charge in [0.25, 0.3) is 0 Å². The molecule has 0 bridgehead atoms. The summed E-state index contributed by atoms with van der Waals surface area (Å²) < 4.78 is 0. The molecule has 1 heterocycles. The fourth-order valence-electron chi connectivity index (χ4n) is 1.47. The van der Waals surface area contributed by atoms with Gasteiger partial charge in [-0.2, -0.15) is 15.4 Å². The van der Waals surface area contributed by atoms with Crippen LogP contribution in [0.25, 0.3) is 11.3 Å². The first-order valence-corrected chi connectivity index (χ1v) is 5.20. The first-order chi connectivity index (χ1) is 7.70. The first kappa shape index (κ1) is 10.5. The van der Waals surface area contributed by atoms with Gasteiger partial charge in [-0.1, -0.05) is 44.2 Å². The SMILES string of the molecule is CC(C)C(=O)c1n[nH]nc1-c1ccccc1. The summed E-state index contributed by atoms with van der Waals surface area (Å²) in [5.41, 5.74) is 1.95. The van der Waals surface area contributed by atoms with Crippen LogP contribution in [0.2, 0.25) is 0 Å². The van der Waals surface area contributed by atoms with Crippen molar-refractivity contribution in [3.63, 3.8) is 0 Å². The molecule has 82 valence electrons. The van der Waals surface area contributed by atoms with Crippen molar-refractivity contribution in [3.8, 4) is 11.3 Å². The number of hydrogen-bond donors (Lipinski definition) is 1. The Labute approximate surface area is 93.7 Å². The monoisotopic (exact) mass is 215 g/mol. The molecule has 2 rings (SSSR count). The second-order valence-electron chi connectivity index (χ2n) is 3.91. The smallest absolute Gasteiger partial charge is 0.187 e. The third-order valence-corrected chi connectivity index (χ3v) is 2.35. The van der Waals surface area contributed by atoms with Gasteiger partial charge in [-0.05, 0) is 0 Å². The molecule has 0 fully saturated rings. The molecule has 0 unspecified atom stereocenters. The maximum Gasteiger partial charge on any atom is 0.187 e. The number of hydrogen-bond acceptors (Lipinski definition) is 3. The molecule has 0 aliphatic carbocycles. The number of carbonyl (C=O) groups excluding carboxylic acids is 1. The summed E-state index contributed by atoms with van der Waals surface area (Å²) in [6, 6.07) is 9.57. The summed E-state index contributed by atoms with van der Waals surface area (Å²) >= 11 is 0. The van der Waals surface area contributed by atoms with Crippen molar-refractivity contribution < 1.29 is 4.79 Å². The lowest BCUT2D eigenvalue weighted by Crippen LogP contribution is -2.09. The minimum absolute atomic E-state index is 0.00704. The standard InChI is InChI=1S/C12H13N3O/c1-8(2)12(16)11-10(13-15-14-11)9-6-4-3-5-7-9/h3-8H,1-2H3,(H,13,14,15). The van der Waals surface area contributed by atoms with Crippen molar-refractivity contribution in [2.45, 2.75) is 13.8 Å². The van der Waals surface area contributed by atoms with E-state index in [1.807, 2.05) is 44.2 Å². The summed E-state index contributed by atoms with van der Waals surface area (Å²) in [6.45, 7) is 3.71. The molecular formula is C12H13N3O. The van der Waals surface area contributed by atoms with Gasteiger partial charge in [-0.15, -0.1) is 0 Å². The first-order valence-electron chi connectivity index (χ1n) is 5.20. The predicted octanol–water partition coefficient (Wildman–Crippen LogP) is 2.31. The van der Waals surface area contributed by atoms with E-state index in [4.69, 9.17) is 0 Å². The molecule has 0 spiro atoms. The number of rotatable bonds is 3. The fraction of sp³-hybridized carbons (Fsp3) is 0.250. The second-order valence-corrected chi connectivity index (χ2v) is 3.91. The Morgan fingerprint density at radius 2 is 1.88 bits per heavy atom. The molecule has 0 aliphatic heterocycles. The molecule has 4 nitrogen and oxygen atoms in total. The Hall–Kier alpha value is -1.97. The lowest BCUT2D eigenvalue weighted by Gasteiger charge is -2.02. The lowest BCUT2D eigenvalue weighted by molar-refractivity contribution is 0.0935. The van der Waals surface area contributed by atoms with E-state index in [1.165, 1.54) is 0 Å². The number of benzene rings is 1. The zero-order valence-electron chi connectivity index (χ0n) is 9.27. The van der Waals surface area contributed by atoms with Crippen molar-refractivity contribution in [1.29, 1.82) is 0 Å². The second kappa shape index (κ2) is 4.26. The zero-order valence-corrected chi connectivity index (χ0v) is 9.27. The van der Waals surface area contributed by atoms with Crippen molar-refractivity contribution in [2.75, 3.05) is 0 Å². The molecule has 0 radical (unpaired) electrons.